The molecule has 0 spiro atoms. The van der Waals surface area contributed by atoms with E-state index in [9.17, 15) is 0 Å². The van der Waals surface area contributed by atoms with Gasteiger partial charge in [-0.3, -0.25) is 5.41 Å². The molecule has 0 atom stereocenters. The first-order chi connectivity index (χ1) is 7.56. The number of benzene rings is 1. The van der Waals surface area contributed by atoms with Gasteiger partial charge in [-0.2, -0.15) is 0 Å². The quantitative estimate of drug-likeness (QED) is 0.591. The van der Waals surface area contributed by atoms with Gasteiger partial charge >= 0.3 is 0 Å². The second-order valence-corrected chi connectivity index (χ2v) is 4.25. The zero-order chi connectivity index (χ0) is 12.1. The van der Waals surface area contributed by atoms with Gasteiger partial charge < -0.3 is 10.6 Å². The Morgan fingerprint density at radius 2 is 1.88 bits per heavy atom. The lowest BCUT2D eigenvalue weighted by Crippen LogP contribution is -2.31. The van der Waals surface area contributed by atoms with E-state index >= 15 is 0 Å². The average molecular weight is 219 g/mol. The maximum atomic E-state index is 7.34. The highest BCUT2D eigenvalue weighted by Gasteiger charge is 2.09. The highest BCUT2D eigenvalue weighted by Crippen LogP contribution is 2.18. The Bertz CT molecular complexity index is 341. The van der Waals surface area contributed by atoms with Crippen molar-refractivity contribution in [3.8, 4) is 0 Å². The molecule has 0 aliphatic rings. The van der Waals surface area contributed by atoms with Crippen molar-refractivity contribution in [2.24, 2.45) is 5.73 Å². The largest absolute Gasteiger partial charge is 0.384 e. The minimum Gasteiger partial charge on any atom is -0.384 e. The monoisotopic (exact) mass is 219 g/mol. The second kappa shape index (κ2) is 5.54. The van der Waals surface area contributed by atoms with Crippen molar-refractivity contribution < 1.29 is 0 Å². The van der Waals surface area contributed by atoms with E-state index in [4.69, 9.17) is 11.1 Å². The van der Waals surface area contributed by atoms with E-state index in [1.807, 2.05) is 24.3 Å². The van der Waals surface area contributed by atoms with Crippen LogP contribution in [0.3, 0.4) is 0 Å². The molecule has 0 aliphatic heterocycles. The molecule has 1 aromatic rings. The van der Waals surface area contributed by atoms with Gasteiger partial charge in [-0.15, -0.1) is 0 Å². The van der Waals surface area contributed by atoms with Crippen molar-refractivity contribution in [2.75, 3.05) is 11.4 Å². The maximum Gasteiger partial charge on any atom is 0.122 e. The van der Waals surface area contributed by atoms with Crippen LogP contribution >= 0.6 is 0 Å². The standard InChI is InChI=1S/C13H21N3/c1-4-9-16(10(2)3)12-7-5-11(6-8-12)13(14)15/h5-8,10H,4,9H2,1-3H3,(H3,14,15). The third-order valence-corrected chi connectivity index (χ3v) is 2.60. The minimum atomic E-state index is 0.123. The molecule has 1 rings (SSSR count). The molecule has 0 fully saturated rings. The fourth-order valence-corrected chi connectivity index (χ4v) is 1.76. The van der Waals surface area contributed by atoms with E-state index in [1.54, 1.807) is 0 Å². The number of hydrogen-bond donors (Lipinski definition) is 2. The van der Waals surface area contributed by atoms with E-state index in [0.717, 1.165) is 18.5 Å². The Kier molecular flexibility index (Phi) is 4.35. The number of amidine groups is 1. The van der Waals surface area contributed by atoms with Crippen molar-refractivity contribution in [2.45, 2.75) is 33.2 Å². The molecular formula is C13H21N3. The number of nitrogens with zero attached hydrogens (tertiary/aromatic N) is 1. The van der Waals surface area contributed by atoms with Crippen LogP contribution in [-0.4, -0.2) is 18.4 Å². The topological polar surface area (TPSA) is 53.1 Å². The van der Waals surface area contributed by atoms with Crippen LogP contribution in [0, 0.1) is 5.41 Å². The summed E-state index contributed by atoms with van der Waals surface area (Å²) in [5.41, 5.74) is 7.41. The summed E-state index contributed by atoms with van der Waals surface area (Å²) in [4.78, 5) is 2.35. The van der Waals surface area contributed by atoms with Crippen LogP contribution in [0.2, 0.25) is 0 Å². The molecule has 3 heteroatoms. The number of anilines is 1. The van der Waals surface area contributed by atoms with Crippen LogP contribution in [0.25, 0.3) is 0 Å². The molecule has 0 aliphatic carbocycles. The summed E-state index contributed by atoms with van der Waals surface area (Å²) in [5.74, 6) is 0.123. The third-order valence-electron chi connectivity index (χ3n) is 2.60. The van der Waals surface area contributed by atoms with E-state index < -0.39 is 0 Å². The van der Waals surface area contributed by atoms with Gasteiger partial charge in [-0.25, -0.2) is 0 Å². The third kappa shape index (κ3) is 2.99. The molecule has 3 N–H and O–H groups in total. The zero-order valence-corrected chi connectivity index (χ0v) is 10.3. The minimum absolute atomic E-state index is 0.123. The predicted octanol–water partition coefficient (Wildman–Crippen LogP) is 2.60. The van der Waals surface area contributed by atoms with Crippen LogP contribution in [0.1, 0.15) is 32.8 Å². The van der Waals surface area contributed by atoms with E-state index in [0.29, 0.717) is 6.04 Å². The van der Waals surface area contributed by atoms with Crippen molar-refractivity contribution in [1.29, 1.82) is 5.41 Å². The molecule has 0 unspecified atom stereocenters. The first-order valence-electron chi connectivity index (χ1n) is 5.77. The number of nitrogens with two attached hydrogens (primary N) is 1. The number of rotatable bonds is 5. The SMILES string of the molecule is CCCN(c1ccc(C(=N)N)cc1)C(C)C. The molecule has 0 heterocycles. The molecule has 0 amide bonds. The molecular weight excluding hydrogens is 198 g/mol. The van der Waals surface area contributed by atoms with Gasteiger partial charge in [-0.1, -0.05) is 6.92 Å². The summed E-state index contributed by atoms with van der Waals surface area (Å²) >= 11 is 0. The smallest absolute Gasteiger partial charge is 0.122 e. The summed E-state index contributed by atoms with van der Waals surface area (Å²) in [6, 6.07) is 8.37. The van der Waals surface area contributed by atoms with Crippen molar-refractivity contribution in [3.05, 3.63) is 29.8 Å². The lowest BCUT2D eigenvalue weighted by atomic mass is 10.1. The zero-order valence-electron chi connectivity index (χ0n) is 10.3. The fraction of sp³-hybridized carbons (Fsp3) is 0.462. The molecule has 16 heavy (non-hydrogen) atoms. The first kappa shape index (κ1) is 12.6. The Morgan fingerprint density at radius 3 is 2.25 bits per heavy atom. The molecule has 88 valence electrons. The first-order valence-corrected chi connectivity index (χ1v) is 5.77. The van der Waals surface area contributed by atoms with Gasteiger partial charge in [0.05, 0.1) is 0 Å². The fourth-order valence-electron chi connectivity index (χ4n) is 1.76. The summed E-state index contributed by atoms with van der Waals surface area (Å²) in [5, 5.41) is 7.34. The summed E-state index contributed by atoms with van der Waals surface area (Å²) < 4.78 is 0. The maximum absolute atomic E-state index is 7.34. The molecule has 0 saturated carbocycles. The van der Waals surface area contributed by atoms with Crippen molar-refractivity contribution >= 4 is 11.5 Å². The van der Waals surface area contributed by atoms with Crippen LogP contribution in [-0.2, 0) is 0 Å². The van der Waals surface area contributed by atoms with Crippen molar-refractivity contribution in [3.63, 3.8) is 0 Å². The highest BCUT2D eigenvalue weighted by atomic mass is 15.1. The number of nitrogen functional groups attached to an aromatic ring is 1. The van der Waals surface area contributed by atoms with E-state index in [1.165, 1.54) is 5.69 Å². The Labute approximate surface area is 97.8 Å². The van der Waals surface area contributed by atoms with E-state index in [2.05, 4.69) is 25.7 Å². The van der Waals surface area contributed by atoms with Gasteiger partial charge in [0.1, 0.15) is 5.84 Å². The van der Waals surface area contributed by atoms with Gasteiger partial charge in [0.25, 0.3) is 0 Å². The lowest BCUT2D eigenvalue weighted by molar-refractivity contribution is 0.671. The molecule has 0 radical (unpaired) electrons. The lowest BCUT2D eigenvalue weighted by Gasteiger charge is -2.28. The second-order valence-electron chi connectivity index (χ2n) is 4.25. The van der Waals surface area contributed by atoms with Gasteiger partial charge in [0, 0.05) is 23.8 Å². The summed E-state index contributed by atoms with van der Waals surface area (Å²) in [6.07, 6.45) is 1.13. The molecule has 3 nitrogen and oxygen atoms in total. The van der Waals surface area contributed by atoms with Gasteiger partial charge in [0.2, 0.25) is 0 Å². The summed E-state index contributed by atoms with van der Waals surface area (Å²) in [6.45, 7) is 7.61. The van der Waals surface area contributed by atoms with Crippen LogP contribution < -0.4 is 10.6 Å². The van der Waals surface area contributed by atoms with E-state index in [-0.39, 0.29) is 5.84 Å². The Hall–Kier alpha value is -1.51. The average Bonchev–Trinajstić information content (AvgIpc) is 2.25. The summed E-state index contributed by atoms with van der Waals surface area (Å²) in [7, 11) is 0. The Morgan fingerprint density at radius 1 is 1.31 bits per heavy atom. The highest BCUT2D eigenvalue weighted by molar-refractivity contribution is 5.95. The number of nitrogens with one attached hydrogen (secondary N) is 1. The molecule has 0 bridgehead atoms. The molecule has 0 saturated heterocycles. The normalized spacial score (nSPS) is 10.5. The van der Waals surface area contributed by atoms with Crippen LogP contribution in [0.4, 0.5) is 5.69 Å². The van der Waals surface area contributed by atoms with Crippen LogP contribution in [0.5, 0.6) is 0 Å². The Balaban J connectivity index is 2.89. The van der Waals surface area contributed by atoms with Crippen LogP contribution in [0.15, 0.2) is 24.3 Å². The van der Waals surface area contributed by atoms with Gasteiger partial charge in [-0.05, 0) is 44.5 Å². The van der Waals surface area contributed by atoms with Gasteiger partial charge in [0.15, 0.2) is 0 Å². The number of hydrogen-bond acceptors (Lipinski definition) is 2. The predicted molar refractivity (Wildman–Crippen MR) is 70.2 cm³/mol. The van der Waals surface area contributed by atoms with Crippen molar-refractivity contribution in [1.82, 2.24) is 0 Å². The molecule has 0 aromatic heterocycles. The molecule has 1 aromatic carbocycles.